The van der Waals surface area contributed by atoms with Crippen molar-refractivity contribution in [2.45, 2.75) is 39.7 Å². The topological polar surface area (TPSA) is 69.6 Å². The summed E-state index contributed by atoms with van der Waals surface area (Å²) in [7, 11) is 0. The molecule has 1 saturated heterocycles. The zero-order valence-corrected chi connectivity index (χ0v) is 11.5. The lowest BCUT2D eigenvalue weighted by molar-refractivity contribution is -0.146. The summed E-state index contributed by atoms with van der Waals surface area (Å²) in [4.78, 5) is 24.5. The second-order valence-corrected chi connectivity index (χ2v) is 5.42. The van der Waals surface area contributed by atoms with Crippen LogP contribution in [0.15, 0.2) is 0 Å². The fourth-order valence-electron chi connectivity index (χ4n) is 2.26. The highest BCUT2D eigenvalue weighted by molar-refractivity contribution is 5.77. The third-order valence-electron chi connectivity index (χ3n) is 3.27. The molecule has 1 aliphatic heterocycles. The molecule has 18 heavy (non-hydrogen) atoms. The van der Waals surface area contributed by atoms with Crippen molar-refractivity contribution in [3.63, 3.8) is 0 Å². The zero-order valence-electron chi connectivity index (χ0n) is 11.5. The summed E-state index contributed by atoms with van der Waals surface area (Å²) in [6.45, 7) is 7.86. The van der Waals surface area contributed by atoms with E-state index < -0.39 is 11.9 Å². The van der Waals surface area contributed by atoms with Crippen LogP contribution in [0.3, 0.4) is 0 Å². The number of piperidine rings is 1. The van der Waals surface area contributed by atoms with Gasteiger partial charge in [-0.1, -0.05) is 20.8 Å². The number of hydrogen-bond donors (Lipinski definition) is 2. The third kappa shape index (κ3) is 4.29. The molecule has 0 aromatic heterocycles. The molecule has 5 heteroatoms. The Morgan fingerprint density at radius 3 is 2.56 bits per heavy atom. The maximum atomic E-state index is 11.7. The lowest BCUT2D eigenvalue weighted by atomic mass is 9.93. The van der Waals surface area contributed by atoms with Crippen LogP contribution in [-0.2, 0) is 9.59 Å². The van der Waals surface area contributed by atoms with Crippen LogP contribution in [0.1, 0.15) is 33.6 Å². The number of carboxylic acids is 1. The van der Waals surface area contributed by atoms with Gasteiger partial charge in [0.1, 0.15) is 0 Å². The van der Waals surface area contributed by atoms with E-state index in [9.17, 15) is 9.59 Å². The first-order valence-corrected chi connectivity index (χ1v) is 6.68. The van der Waals surface area contributed by atoms with Gasteiger partial charge in [0.2, 0.25) is 5.91 Å². The van der Waals surface area contributed by atoms with Gasteiger partial charge in [-0.05, 0) is 18.9 Å². The second kappa shape index (κ2) is 6.73. The Hall–Kier alpha value is -1.10. The van der Waals surface area contributed by atoms with E-state index in [0.29, 0.717) is 31.8 Å². The highest BCUT2D eigenvalue weighted by atomic mass is 16.4. The molecule has 1 amide bonds. The van der Waals surface area contributed by atoms with Crippen LogP contribution >= 0.6 is 0 Å². The maximum absolute atomic E-state index is 11.7. The minimum atomic E-state index is -0.806. The van der Waals surface area contributed by atoms with Crippen molar-refractivity contribution in [2.75, 3.05) is 19.6 Å². The molecule has 104 valence electrons. The van der Waals surface area contributed by atoms with Gasteiger partial charge in [-0.3, -0.25) is 9.59 Å². The molecule has 1 rings (SSSR count). The minimum Gasteiger partial charge on any atom is -0.481 e. The van der Waals surface area contributed by atoms with E-state index in [1.54, 1.807) is 4.90 Å². The molecular weight excluding hydrogens is 232 g/mol. The molecule has 1 heterocycles. The molecule has 1 fully saturated rings. The number of amides is 1. The Balaban J connectivity index is 2.62. The fourth-order valence-corrected chi connectivity index (χ4v) is 2.26. The second-order valence-electron chi connectivity index (χ2n) is 5.42. The van der Waals surface area contributed by atoms with E-state index in [1.807, 2.05) is 6.92 Å². The molecule has 2 N–H and O–H groups in total. The minimum absolute atomic E-state index is 0.0392. The Bertz CT molecular complexity index is 305. The predicted octanol–water partition coefficient (Wildman–Crippen LogP) is 0.944. The van der Waals surface area contributed by atoms with Crippen molar-refractivity contribution in [1.82, 2.24) is 10.2 Å². The molecule has 2 unspecified atom stereocenters. The summed E-state index contributed by atoms with van der Waals surface area (Å²) < 4.78 is 0. The quantitative estimate of drug-likeness (QED) is 0.768. The Kier molecular flexibility index (Phi) is 5.59. The van der Waals surface area contributed by atoms with Gasteiger partial charge in [-0.15, -0.1) is 0 Å². The molecule has 0 bridgehead atoms. The molecule has 1 aliphatic rings. The largest absolute Gasteiger partial charge is 0.481 e. The lowest BCUT2D eigenvalue weighted by Crippen LogP contribution is -2.53. The van der Waals surface area contributed by atoms with Crippen LogP contribution in [0, 0.1) is 11.8 Å². The number of rotatable bonds is 5. The van der Waals surface area contributed by atoms with Gasteiger partial charge < -0.3 is 15.3 Å². The summed E-state index contributed by atoms with van der Waals surface area (Å²) in [6, 6.07) is 0.0951. The van der Waals surface area contributed by atoms with Crippen LogP contribution < -0.4 is 5.32 Å². The summed E-state index contributed by atoms with van der Waals surface area (Å²) >= 11 is 0. The van der Waals surface area contributed by atoms with Gasteiger partial charge >= 0.3 is 5.97 Å². The van der Waals surface area contributed by atoms with E-state index in [2.05, 4.69) is 19.2 Å². The normalized spacial score (nSPS) is 24.3. The molecule has 0 saturated carbocycles. The van der Waals surface area contributed by atoms with Crippen LogP contribution in [-0.4, -0.2) is 47.6 Å². The maximum Gasteiger partial charge on any atom is 0.308 e. The number of carboxylic acid groups (broad SMARTS) is 1. The lowest BCUT2D eigenvalue weighted by Gasteiger charge is -2.36. The first-order chi connectivity index (χ1) is 8.43. The number of hydrogen-bond acceptors (Lipinski definition) is 3. The van der Waals surface area contributed by atoms with Gasteiger partial charge in [-0.2, -0.15) is 0 Å². The van der Waals surface area contributed by atoms with Crippen LogP contribution in [0.2, 0.25) is 0 Å². The zero-order chi connectivity index (χ0) is 13.7. The molecular formula is C13H24N2O3. The molecule has 0 aliphatic carbocycles. The molecule has 0 radical (unpaired) electrons. The number of nitrogens with one attached hydrogen (secondary N) is 1. The number of carbonyl (C=O) groups is 2. The standard InChI is InChI=1S/C13H24N2O3/c1-4-12(16)15-7-10(13(17)18)5-11(8-15)14-6-9(2)3/h9-11,14H,4-8H2,1-3H3,(H,17,18). The van der Waals surface area contributed by atoms with Gasteiger partial charge in [0.25, 0.3) is 0 Å². The van der Waals surface area contributed by atoms with Crippen LogP contribution in [0.4, 0.5) is 0 Å². The van der Waals surface area contributed by atoms with Gasteiger partial charge in [0, 0.05) is 25.6 Å². The van der Waals surface area contributed by atoms with Crippen molar-refractivity contribution >= 4 is 11.9 Å². The van der Waals surface area contributed by atoms with E-state index in [4.69, 9.17) is 5.11 Å². The van der Waals surface area contributed by atoms with E-state index in [-0.39, 0.29) is 11.9 Å². The number of carbonyl (C=O) groups excluding carboxylic acids is 1. The third-order valence-corrected chi connectivity index (χ3v) is 3.27. The first-order valence-electron chi connectivity index (χ1n) is 6.68. The van der Waals surface area contributed by atoms with Crippen LogP contribution in [0.25, 0.3) is 0 Å². The Labute approximate surface area is 109 Å². The van der Waals surface area contributed by atoms with Gasteiger partial charge in [0.15, 0.2) is 0 Å². The summed E-state index contributed by atoms with van der Waals surface area (Å²) in [5.74, 6) is -0.693. The summed E-state index contributed by atoms with van der Waals surface area (Å²) in [5.41, 5.74) is 0. The SMILES string of the molecule is CCC(=O)N1CC(NCC(C)C)CC(C(=O)O)C1. The molecule has 5 nitrogen and oxygen atoms in total. The summed E-state index contributed by atoms with van der Waals surface area (Å²) in [6.07, 6.45) is 1.04. The highest BCUT2D eigenvalue weighted by Gasteiger charge is 2.32. The fraction of sp³-hybridized carbons (Fsp3) is 0.846. The van der Waals surface area contributed by atoms with Crippen molar-refractivity contribution in [2.24, 2.45) is 11.8 Å². The van der Waals surface area contributed by atoms with Gasteiger partial charge in [0.05, 0.1) is 5.92 Å². The highest BCUT2D eigenvalue weighted by Crippen LogP contribution is 2.18. The Morgan fingerprint density at radius 2 is 2.06 bits per heavy atom. The number of likely N-dealkylation sites (tertiary alicyclic amines) is 1. The Morgan fingerprint density at radius 1 is 1.39 bits per heavy atom. The van der Waals surface area contributed by atoms with Crippen LogP contribution in [0.5, 0.6) is 0 Å². The van der Waals surface area contributed by atoms with E-state index >= 15 is 0 Å². The van der Waals surface area contributed by atoms with E-state index in [0.717, 1.165) is 6.54 Å². The number of aliphatic carboxylic acids is 1. The summed E-state index contributed by atoms with van der Waals surface area (Å²) in [5, 5.41) is 12.5. The average Bonchev–Trinajstić information content (AvgIpc) is 2.34. The predicted molar refractivity (Wildman–Crippen MR) is 69.2 cm³/mol. The molecule has 0 spiro atoms. The van der Waals surface area contributed by atoms with Crippen molar-refractivity contribution < 1.29 is 14.7 Å². The van der Waals surface area contributed by atoms with Gasteiger partial charge in [-0.25, -0.2) is 0 Å². The number of nitrogens with zero attached hydrogens (tertiary/aromatic N) is 1. The van der Waals surface area contributed by atoms with E-state index in [1.165, 1.54) is 0 Å². The first kappa shape index (κ1) is 15.0. The van der Waals surface area contributed by atoms with Crippen molar-refractivity contribution in [3.05, 3.63) is 0 Å². The smallest absolute Gasteiger partial charge is 0.308 e. The molecule has 0 aromatic carbocycles. The average molecular weight is 256 g/mol. The molecule has 0 aromatic rings. The van der Waals surface area contributed by atoms with Crippen molar-refractivity contribution in [3.8, 4) is 0 Å². The molecule has 2 atom stereocenters. The van der Waals surface area contributed by atoms with Crippen molar-refractivity contribution in [1.29, 1.82) is 0 Å². The monoisotopic (exact) mass is 256 g/mol.